The number of pyridine rings is 2. The van der Waals surface area contributed by atoms with Crippen LogP contribution in [0.25, 0.3) is 22.3 Å². The molecule has 1 aromatic carbocycles. The van der Waals surface area contributed by atoms with Crippen LogP contribution in [0.3, 0.4) is 0 Å². The predicted molar refractivity (Wildman–Crippen MR) is 331 cm³/mol. The van der Waals surface area contributed by atoms with Crippen molar-refractivity contribution in [3.05, 3.63) is 80.1 Å². The van der Waals surface area contributed by atoms with Crippen LogP contribution in [-0.2, 0) is 106 Å². The van der Waals surface area contributed by atoms with Crippen LogP contribution in [-0.4, -0.2) is 225 Å². The lowest BCUT2D eigenvalue weighted by Gasteiger charge is -2.31. The van der Waals surface area contributed by atoms with Crippen LogP contribution in [0.5, 0.6) is 0 Å². The number of fused-ring (bicyclic) bond motifs is 5. The number of hydrogen-bond acceptors (Lipinski definition) is 24. The van der Waals surface area contributed by atoms with E-state index in [2.05, 4.69) is 36.6 Å². The Balaban J connectivity index is 0.774. The van der Waals surface area contributed by atoms with Gasteiger partial charge in [-0.1, -0.05) is 20.8 Å². The number of halogens is 1. The Bertz CT molecular complexity index is 3320. The van der Waals surface area contributed by atoms with Gasteiger partial charge in [-0.15, -0.1) is 0 Å². The molecule has 2 aliphatic rings. The Morgan fingerprint density at radius 2 is 1.30 bits per heavy atom. The number of nitrogens with zero attached hydrogens (tertiary/aromatic N) is 4. The largest absolute Gasteiger partial charge is 0.458 e. The van der Waals surface area contributed by atoms with E-state index in [0.29, 0.717) is 139 Å². The Hall–Kier alpha value is -7.08. The van der Waals surface area contributed by atoms with Gasteiger partial charge in [0.2, 0.25) is 38.6 Å². The van der Waals surface area contributed by atoms with Gasteiger partial charge in [-0.25, -0.2) is 32.6 Å². The molecule has 32 heteroatoms. The predicted octanol–water partition coefficient (Wildman–Crippen LogP) is -0.213. The molecular formula is C61H87FN10O20S. The third kappa shape index (κ3) is 22.8. The normalized spacial score (nSPS) is 14.9. The summed E-state index contributed by atoms with van der Waals surface area (Å²) in [6.07, 6.45) is 4.42. The highest BCUT2D eigenvalue weighted by molar-refractivity contribution is 7.90. The molecule has 0 saturated carbocycles. The molecule has 6 rings (SSSR count). The molecule has 0 radical (unpaired) electrons. The average molecular weight is 1330 g/mol. The summed E-state index contributed by atoms with van der Waals surface area (Å²) in [6, 6.07) is 2.26. The number of rotatable bonds is 45. The Morgan fingerprint density at radius 3 is 1.84 bits per heavy atom. The minimum Gasteiger partial charge on any atom is -0.458 e. The molecule has 0 spiro atoms. The summed E-state index contributed by atoms with van der Waals surface area (Å²) in [5.74, 6) is -4.69. The smallest absolute Gasteiger partial charge is 0.343 e. The topological polar surface area (TPSA) is 396 Å². The molecule has 4 aromatic rings. The second kappa shape index (κ2) is 38.3. The lowest BCUT2D eigenvalue weighted by atomic mass is 9.86. The summed E-state index contributed by atoms with van der Waals surface area (Å²) in [6.45, 7) is 11.5. The van der Waals surface area contributed by atoms with E-state index < -0.39 is 86.9 Å². The first-order valence-electron chi connectivity index (χ1n) is 30.8. The average Bonchev–Trinajstić information content (AvgIpc) is 1.63. The third-order valence-corrected chi connectivity index (χ3v) is 15.7. The SMILES string of the molecule is CC[C@@]1(O)C(=O)OCc2c1cc1n(c2=O)Cc2c-1nc1cc(F)c(C)cc1c2CNC(=O)CNC(=O)[C@H](CCCCN)NC(=O)[C@@H](NC(=O)COCCOCCOCCOCCOCCOCCOCCOCCOCCNC(=O)c1cnc(S(C)(=O)=O)nc1)C(C)C. The fourth-order valence-electron chi connectivity index (χ4n) is 9.69. The monoisotopic (exact) mass is 1330 g/mol. The Kier molecular flexibility index (Phi) is 30.9. The summed E-state index contributed by atoms with van der Waals surface area (Å²) >= 11 is 0. The summed E-state index contributed by atoms with van der Waals surface area (Å²) in [4.78, 5) is 105. The van der Waals surface area contributed by atoms with Crippen molar-refractivity contribution < 1.29 is 94.1 Å². The summed E-state index contributed by atoms with van der Waals surface area (Å²) in [7, 11) is -3.55. The van der Waals surface area contributed by atoms with E-state index in [1.165, 1.54) is 10.6 Å². The highest BCUT2D eigenvalue weighted by Gasteiger charge is 2.45. The summed E-state index contributed by atoms with van der Waals surface area (Å²) in [5.41, 5.74) is 5.81. The first-order valence-corrected chi connectivity index (χ1v) is 32.7. The van der Waals surface area contributed by atoms with E-state index in [9.17, 15) is 47.1 Å². The van der Waals surface area contributed by atoms with Crippen LogP contribution in [0.15, 0.2) is 40.5 Å². The number of esters is 1. The fraction of sp³-hybridized carbons (Fsp3) is 0.607. The van der Waals surface area contributed by atoms with E-state index in [0.717, 1.165) is 18.6 Å². The summed E-state index contributed by atoms with van der Waals surface area (Å²) < 4.78 is 94.0. The van der Waals surface area contributed by atoms with E-state index in [1.54, 1.807) is 39.8 Å². The van der Waals surface area contributed by atoms with Crippen LogP contribution < -0.4 is 37.9 Å². The molecule has 0 unspecified atom stereocenters. The molecule has 0 saturated heterocycles. The van der Waals surface area contributed by atoms with Crippen molar-refractivity contribution in [3.8, 4) is 11.4 Å². The minimum absolute atomic E-state index is 0.0177. The quantitative estimate of drug-likeness (QED) is 0.0151. The molecule has 2 aliphatic heterocycles. The second-order valence-corrected chi connectivity index (χ2v) is 23.9. The van der Waals surface area contributed by atoms with Crippen molar-refractivity contribution in [3.63, 3.8) is 0 Å². The van der Waals surface area contributed by atoms with Crippen LogP contribution in [0.4, 0.5) is 4.39 Å². The van der Waals surface area contributed by atoms with Crippen molar-refractivity contribution in [2.24, 2.45) is 11.7 Å². The van der Waals surface area contributed by atoms with Crippen molar-refractivity contribution in [1.82, 2.24) is 46.1 Å². The number of aliphatic hydroxyl groups is 1. The molecule has 3 atom stereocenters. The van der Waals surface area contributed by atoms with E-state index in [1.807, 2.05) is 0 Å². The van der Waals surface area contributed by atoms with Gasteiger partial charge in [-0.2, -0.15) is 0 Å². The number of aryl methyl sites for hydroxylation is 1. The van der Waals surface area contributed by atoms with E-state index in [-0.39, 0.29) is 99.5 Å². The molecule has 30 nitrogen and oxygen atoms in total. The number of nitrogens with one attached hydrogen (secondary N) is 5. The van der Waals surface area contributed by atoms with Gasteiger partial charge in [-0.3, -0.25) is 28.8 Å². The zero-order valence-corrected chi connectivity index (χ0v) is 54.1. The number of carbonyl (C=O) groups excluding carboxylic acids is 6. The molecule has 5 heterocycles. The number of hydrogen-bond donors (Lipinski definition) is 7. The van der Waals surface area contributed by atoms with Crippen LogP contribution in [0.1, 0.15) is 84.6 Å². The highest BCUT2D eigenvalue weighted by atomic mass is 32.2. The van der Waals surface area contributed by atoms with Gasteiger partial charge in [-0.05, 0) is 68.3 Å². The zero-order valence-electron chi connectivity index (χ0n) is 53.3. The van der Waals surface area contributed by atoms with E-state index in [4.69, 9.17) is 58.1 Å². The van der Waals surface area contributed by atoms with Crippen molar-refractivity contribution in [2.45, 2.75) is 95.9 Å². The number of benzene rings is 1. The summed E-state index contributed by atoms with van der Waals surface area (Å²) in [5, 5.41) is 25.0. The van der Waals surface area contributed by atoms with Gasteiger partial charge >= 0.3 is 5.97 Å². The van der Waals surface area contributed by atoms with Crippen molar-refractivity contribution in [1.29, 1.82) is 0 Å². The first kappa shape index (κ1) is 75.0. The van der Waals surface area contributed by atoms with Crippen molar-refractivity contribution >= 4 is 56.2 Å². The highest BCUT2D eigenvalue weighted by Crippen LogP contribution is 2.40. The molecule has 0 fully saturated rings. The van der Waals surface area contributed by atoms with Gasteiger partial charge in [0, 0.05) is 54.3 Å². The number of nitrogens with two attached hydrogens (primary N) is 1. The second-order valence-electron chi connectivity index (χ2n) is 22.0. The standard InChI is InChI=1S/C61H87FN10O20S/c1-6-61(80)46-30-50-54-44(36-72(50)58(78)45(46)37-92-59(61)79)43(42-29-40(4)47(62)31-49(42)69-54)34-65-51(73)35-66-56(76)48(9-7-8-10-63)70-57(77)53(39(2)3)71-52(74)38-91-28-27-90-26-25-89-24-23-88-22-21-87-20-19-86-18-17-85-16-15-84-14-13-83-12-11-64-55(75)41-32-67-60(68-33-41)93(5,81)82/h29-33,39,48,53,80H,6-28,34-38,63H2,1-5H3,(H,64,75)(H,65,73)(H,66,76)(H,70,77)(H,71,74)/t48-,53-,61-/m0/s1. The van der Waals surface area contributed by atoms with Gasteiger partial charge < -0.3 is 89.4 Å². The number of aromatic nitrogens is 4. The lowest BCUT2D eigenvalue weighted by molar-refractivity contribution is -0.172. The number of sulfone groups is 1. The van der Waals surface area contributed by atoms with Gasteiger partial charge in [0.05, 0.1) is 153 Å². The van der Waals surface area contributed by atoms with E-state index >= 15 is 4.39 Å². The maximum atomic E-state index is 15.0. The van der Waals surface area contributed by atoms with Crippen LogP contribution in [0, 0.1) is 18.7 Å². The fourth-order valence-corrected chi connectivity index (χ4v) is 10.2. The molecule has 93 heavy (non-hydrogen) atoms. The lowest BCUT2D eigenvalue weighted by Crippen LogP contribution is -2.56. The maximum absolute atomic E-state index is 15.0. The molecule has 3 aromatic heterocycles. The molecule has 8 N–H and O–H groups in total. The molecule has 0 aliphatic carbocycles. The number of amides is 5. The van der Waals surface area contributed by atoms with Crippen molar-refractivity contribution in [2.75, 3.05) is 145 Å². The first-order chi connectivity index (χ1) is 44.7. The number of carbonyl (C=O) groups is 6. The Labute approximate surface area is 538 Å². The number of ether oxygens (including phenoxy) is 10. The molecule has 0 bridgehead atoms. The zero-order chi connectivity index (χ0) is 67.3. The number of unbranched alkanes of at least 4 members (excludes halogenated alkanes) is 1. The number of cyclic esters (lactones) is 1. The third-order valence-electron chi connectivity index (χ3n) is 14.8. The molecule has 5 amide bonds. The minimum atomic E-state index is -3.55. The van der Waals surface area contributed by atoms with Crippen LogP contribution in [0.2, 0.25) is 0 Å². The molecule has 514 valence electrons. The Morgan fingerprint density at radius 1 is 0.742 bits per heavy atom. The van der Waals surface area contributed by atoms with Gasteiger partial charge in [0.1, 0.15) is 31.1 Å². The van der Waals surface area contributed by atoms with Gasteiger partial charge in [0.25, 0.3) is 11.5 Å². The van der Waals surface area contributed by atoms with Gasteiger partial charge in [0.15, 0.2) is 5.60 Å². The van der Waals surface area contributed by atoms with Crippen LogP contribution >= 0.6 is 0 Å². The maximum Gasteiger partial charge on any atom is 0.343 e. The molecular weight excluding hydrogens is 1240 g/mol.